The molecule has 4 nitrogen and oxygen atoms in total. The average molecular weight is 232 g/mol. The Balaban J connectivity index is 2.41. The van der Waals surface area contributed by atoms with Crippen molar-refractivity contribution in [3.8, 4) is 17.6 Å². The lowest BCUT2D eigenvalue weighted by atomic mass is 9.99. The zero-order chi connectivity index (χ0) is 12.3. The molecule has 0 saturated carbocycles. The fraction of sp³-hybridized carbons (Fsp3) is 0.462. The first kappa shape index (κ1) is 11.7. The van der Waals surface area contributed by atoms with Gasteiger partial charge in [0, 0.05) is 11.6 Å². The van der Waals surface area contributed by atoms with Gasteiger partial charge in [-0.3, -0.25) is 0 Å². The molecule has 0 aliphatic carbocycles. The molecule has 2 rings (SSSR count). The highest BCUT2D eigenvalue weighted by molar-refractivity contribution is 5.50. The summed E-state index contributed by atoms with van der Waals surface area (Å²) in [5.74, 6) is 0.634. The van der Waals surface area contributed by atoms with Gasteiger partial charge in [-0.25, -0.2) is 0 Å². The molecule has 1 aliphatic heterocycles. The summed E-state index contributed by atoms with van der Waals surface area (Å²) >= 11 is 0. The van der Waals surface area contributed by atoms with Crippen LogP contribution < -0.4 is 10.1 Å². The van der Waals surface area contributed by atoms with Crippen molar-refractivity contribution in [2.24, 2.45) is 0 Å². The minimum atomic E-state index is 0.169. The number of benzene rings is 1. The molecule has 2 N–H and O–H groups in total. The topological polar surface area (TPSA) is 65.3 Å². The van der Waals surface area contributed by atoms with E-state index < -0.39 is 0 Å². The molecule has 1 aromatic carbocycles. The molecular weight excluding hydrogens is 216 g/mol. The van der Waals surface area contributed by atoms with E-state index in [4.69, 9.17) is 10.00 Å². The highest BCUT2D eigenvalue weighted by Crippen LogP contribution is 2.38. The first-order valence-electron chi connectivity index (χ1n) is 5.76. The Morgan fingerprint density at radius 3 is 3.00 bits per heavy atom. The Kier molecular flexibility index (Phi) is 3.50. The smallest absolute Gasteiger partial charge is 0.162 e. The first-order valence-corrected chi connectivity index (χ1v) is 5.76. The van der Waals surface area contributed by atoms with E-state index in [1.807, 2.05) is 6.07 Å². The summed E-state index contributed by atoms with van der Waals surface area (Å²) in [5, 5.41) is 22.2. The second kappa shape index (κ2) is 5.07. The molecule has 0 aromatic heterocycles. The van der Waals surface area contributed by atoms with Crippen LogP contribution in [-0.2, 0) is 6.42 Å². The number of nitriles is 1. The van der Waals surface area contributed by atoms with E-state index in [2.05, 4.69) is 11.4 Å². The highest BCUT2D eigenvalue weighted by Gasteiger charge is 2.22. The Bertz CT molecular complexity index is 445. The summed E-state index contributed by atoms with van der Waals surface area (Å²) in [6.45, 7) is 0.967. The standard InChI is InChI=1S/C13H16N2O2/c1-17-12-8-9(4-5-14)7-10(13(12)16)11-3-2-6-15-11/h7-8,11,15-16H,2-4,6H2,1H3/t11-/m0/s1. The van der Waals surface area contributed by atoms with Gasteiger partial charge in [0.25, 0.3) is 0 Å². The van der Waals surface area contributed by atoms with E-state index in [0.29, 0.717) is 12.2 Å². The van der Waals surface area contributed by atoms with Gasteiger partial charge in [-0.05, 0) is 37.1 Å². The zero-order valence-electron chi connectivity index (χ0n) is 9.86. The van der Waals surface area contributed by atoms with E-state index in [0.717, 1.165) is 30.5 Å². The van der Waals surface area contributed by atoms with Crippen molar-refractivity contribution in [3.63, 3.8) is 0 Å². The number of ether oxygens (including phenoxy) is 1. The van der Waals surface area contributed by atoms with Crippen LogP contribution in [0, 0.1) is 11.3 Å². The largest absolute Gasteiger partial charge is 0.504 e. The third-order valence-corrected chi connectivity index (χ3v) is 3.10. The number of nitrogens with zero attached hydrogens (tertiary/aromatic N) is 1. The molecule has 90 valence electrons. The van der Waals surface area contributed by atoms with Gasteiger partial charge in [0.05, 0.1) is 19.6 Å². The van der Waals surface area contributed by atoms with Gasteiger partial charge >= 0.3 is 0 Å². The SMILES string of the molecule is COc1cc(CC#N)cc([C@@H]2CCCN2)c1O. The van der Waals surface area contributed by atoms with Gasteiger partial charge in [0.15, 0.2) is 11.5 Å². The molecule has 0 radical (unpaired) electrons. The maximum Gasteiger partial charge on any atom is 0.162 e. The normalized spacial score (nSPS) is 18.9. The molecule has 1 saturated heterocycles. The van der Waals surface area contributed by atoms with E-state index in [-0.39, 0.29) is 11.8 Å². The fourth-order valence-electron chi connectivity index (χ4n) is 2.25. The summed E-state index contributed by atoms with van der Waals surface area (Å²) in [7, 11) is 1.52. The number of hydrogen-bond acceptors (Lipinski definition) is 4. The second-order valence-corrected chi connectivity index (χ2v) is 4.22. The van der Waals surface area contributed by atoms with Crippen LogP contribution in [-0.4, -0.2) is 18.8 Å². The molecule has 4 heteroatoms. The number of hydrogen-bond donors (Lipinski definition) is 2. The van der Waals surface area contributed by atoms with Crippen molar-refractivity contribution in [3.05, 3.63) is 23.3 Å². The summed E-state index contributed by atoms with van der Waals surface area (Å²) < 4.78 is 5.15. The van der Waals surface area contributed by atoms with Crippen molar-refractivity contribution >= 4 is 0 Å². The predicted octanol–water partition coefficient (Wildman–Crippen LogP) is 1.89. The van der Waals surface area contributed by atoms with E-state index in [9.17, 15) is 5.11 Å². The Hall–Kier alpha value is -1.73. The van der Waals surface area contributed by atoms with Gasteiger partial charge in [0.2, 0.25) is 0 Å². The summed E-state index contributed by atoms with van der Waals surface area (Å²) in [4.78, 5) is 0. The Morgan fingerprint density at radius 1 is 1.59 bits per heavy atom. The Labute approximate surface area is 101 Å². The van der Waals surface area contributed by atoms with Crippen LogP contribution in [0.4, 0.5) is 0 Å². The van der Waals surface area contributed by atoms with Crippen LogP contribution in [0.1, 0.15) is 30.0 Å². The molecule has 1 fully saturated rings. The summed E-state index contributed by atoms with van der Waals surface area (Å²) in [5.41, 5.74) is 1.72. The molecular formula is C13H16N2O2. The third kappa shape index (κ3) is 2.34. The molecule has 0 bridgehead atoms. The van der Waals surface area contributed by atoms with Gasteiger partial charge in [-0.15, -0.1) is 0 Å². The van der Waals surface area contributed by atoms with E-state index in [1.54, 1.807) is 6.07 Å². The van der Waals surface area contributed by atoms with Crippen LogP contribution in [0.3, 0.4) is 0 Å². The van der Waals surface area contributed by atoms with Crippen LogP contribution in [0.5, 0.6) is 11.5 Å². The third-order valence-electron chi connectivity index (χ3n) is 3.10. The number of nitrogens with one attached hydrogen (secondary N) is 1. The van der Waals surface area contributed by atoms with E-state index >= 15 is 0 Å². The predicted molar refractivity (Wildman–Crippen MR) is 64.0 cm³/mol. The quantitative estimate of drug-likeness (QED) is 0.835. The molecule has 17 heavy (non-hydrogen) atoms. The monoisotopic (exact) mass is 232 g/mol. The van der Waals surface area contributed by atoms with Crippen LogP contribution in [0.25, 0.3) is 0 Å². The van der Waals surface area contributed by atoms with Crippen molar-refractivity contribution in [2.75, 3.05) is 13.7 Å². The first-order chi connectivity index (χ1) is 8.26. The van der Waals surface area contributed by atoms with Crippen LogP contribution in [0.2, 0.25) is 0 Å². The minimum absolute atomic E-state index is 0.169. The lowest BCUT2D eigenvalue weighted by Gasteiger charge is -2.16. The number of methoxy groups -OCH3 is 1. The molecule has 1 heterocycles. The maximum absolute atomic E-state index is 10.1. The molecule has 0 unspecified atom stereocenters. The molecule has 1 atom stereocenters. The Morgan fingerprint density at radius 2 is 2.41 bits per heavy atom. The van der Waals surface area contributed by atoms with Gasteiger partial charge in [0.1, 0.15) is 0 Å². The number of aromatic hydroxyl groups is 1. The molecule has 0 amide bonds. The van der Waals surface area contributed by atoms with Crippen molar-refractivity contribution in [2.45, 2.75) is 25.3 Å². The van der Waals surface area contributed by atoms with Crippen molar-refractivity contribution < 1.29 is 9.84 Å². The lowest BCUT2D eigenvalue weighted by Crippen LogP contribution is -2.13. The molecule has 1 aromatic rings. The summed E-state index contributed by atoms with van der Waals surface area (Å²) in [6.07, 6.45) is 2.44. The number of phenols is 1. The summed E-state index contributed by atoms with van der Waals surface area (Å²) in [6, 6.07) is 5.90. The number of phenolic OH excluding ortho intramolecular Hbond substituents is 1. The van der Waals surface area contributed by atoms with E-state index in [1.165, 1.54) is 7.11 Å². The lowest BCUT2D eigenvalue weighted by molar-refractivity contribution is 0.367. The molecule has 0 spiro atoms. The minimum Gasteiger partial charge on any atom is -0.504 e. The van der Waals surface area contributed by atoms with Gasteiger partial charge in [-0.2, -0.15) is 5.26 Å². The maximum atomic E-state index is 10.1. The zero-order valence-corrected chi connectivity index (χ0v) is 9.86. The van der Waals surface area contributed by atoms with Crippen molar-refractivity contribution in [1.82, 2.24) is 5.32 Å². The second-order valence-electron chi connectivity index (χ2n) is 4.22. The van der Waals surface area contributed by atoms with Crippen LogP contribution >= 0.6 is 0 Å². The van der Waals surface area contributed by atoms with Gasteiger partial charge < -0.3 is 15.2 Å². The van der Waals surface area contributed by atoms with Gasteiger partial charge in [-0.1, -0.05) is 0 Å². The fourth-order valence-corrected chi connectivity index (χ4v) is 2.25. The number of rotatable bonds is 3. The molecule has 1 aliphatic rings. The van der Waals surface area contributed by atoms with Crippen LogP contribution in [0.15, 0.2) is 12.1 Å². The van der Waals surface area contributed by atoms with Crippen molar-refractivity contribution in [1.29, 1.82) is 5.26 Å². The average Bonchev–Trinajstić information content (AvgIpc) is 2.85. The highest BCUT2D eigenvalue weighted by atomic mass is 16.5.